The van der Waals surface area contributed by atoms with Gasteiger partial charge in [0.25, 0.3) is 0 Å². The van der Waals surface area contributed by atoms with Crippen molar-refractivity contribution < 1.29 is 9.84 Å². The van der Waals surface area contributed by atoms with Crippen LogP contribution in [0.4, 0.5) is 0 Å². The molecule has 1 aliphatic heterocycles. The maximum Gasteiger partial charge on any atom is 0.165 e. The maximum atomic E-state index is 9.19. The van der Waals surface area contributed by atoms with E-state index in [1.165, 1.54) is 0 Å². The van der Waals surface area contributed by atoms with Gasteiger partial charge in [-0.2, -0.15) is 0 Å². The van der Waals surface area contributed by atoms with E-state index in [2.05, 4.69) is 15.0 Å². The topological polar surface area (TPSA) is 76.0 Å². The quantitative estimate of drug-likeness (QED) is 0.713. The smallest absolute Gasteiger partial charge is 0.165 e. The summed E-state index contributed by atoms with van der Waals surface area (Å²) in [5.74, 6) is 0. The highest BCUT2D eigenvalue weighted by atomic mass is 35.5. The third-order valence-electron chi connectivity index (χ3n) is 3.98. The molecule has 1 fully saturated rings. The van der Waals surface area contributed by atoms with Crippen molar-refractivity contribution in [3.8, 4) is 0 Å². The normalized spacial score (nSPS) is 22.6. The monoisotopic (exact) mass is 306 g/mol. The van der Waals surface area contributed by atoms with E-state index in [0.29, 0.717) is 10.8 Å². The Labute approximate surface area is 125 Å². The third kappa shape index (κ3) is 1.94. The average Bonchev–Trinajstić information content (AvgIpc) is 3.14. The number of H-pyrrole nitrogens is 1. The van der Waals surface area contributed by atoms with Crippen LogP contribution in [0, 0.1) is 6.92 Å². The van der Waals surface area contributed by atoms with Crippen LogP contribution in [0.3, 0.4) is 0 Å². The van der Waals surface area contributed by atoms with Crippen LogP contribution >= 0.6 is 11.6 Å². The minimum Gasteiger partial charge on any atom is -0.394 e. The van der Waals surface area contributed by atoms with Crippen LogP contribution in [0.15, 0.2) is 12.4 Å². The lowest BCUT2D eigenvalue weighted by molar-refractivity contribution is -0.0207. The van der Waals surface area contributed by atoms with Gasteiger partial charge in [0, 0.05) is 11.1 Å². The Morgan fingerprint density at radius 2 is 2.38 bits per heavy atom. The van der Waals surface area contributed by atoms with E-state index in [-0.39, 0.29) is 18.9 Å². The second kappa shape index (κ2) is 4.69. The van der Waals surface area contributed by atoms with Crippen LogP contribution in [-0.4, -0.2) is 37.3 Å². The molecule has 3 aromatic rings. The molecule has 0 bridgehead atoms. The van der Waals surface area contributed by atoms with E-state index in [4.69, 9.17) is 16.3 Å². The first-order valence-electron chi connectivity index (χ1n) is 6.95. The van der Waals surface area contributed by atoms with Gasteiger partial charge in [-0.15, -0.1) is 0 Å². The van der Waals surface area contributed by atoms with E-state index in [0.717, 1.165) is 35.0 Å². The molecule has 0 aliphatic carbocycles. The number of aromatic nitrogens is 4. The highest BCUT2D eigenvalue weighted by molar-refractivity contribution is 6.35. The summed E-state index contributed by atoms with van der Waals surface area (Å²) in [6, 6.07) is 1.97. The first-order chi connectivity index (χ1) is 10.2. The summed E-state index contributed by atoms with van der Waals surface area (Å²) in [6.45, 7) is 2.02. The molecule has 6 nitrogen and oxygen atoms in total. The fourth-order valence-electron chi connectivity index (χ4n) is 2.97. The molecular formula is C14H15ClN4O2. The summed E-state index contributed by atoms with van der Waals surface area (Å²) >= 11 is 6.29. The van der Waals surface area contributed by atoms with Crippen LogP contribution in [0.25, 0.3) is 22.1 Å². The average molecular weight is 307 g/mol. The molecule has 4 rings (SSSR count). The Bertz CT molecular complexity index is 825. The number of pyridine rings is 1. The lowest BCUT2D eigenvalue weighted by Crippen LogP contribution is -2.14. The van der Waals surface area contributed by atoms with E-state index < -0.39 is 0 Å². The number of aromatic amines is 1. The fraction of sp³-hybridized carbons (Fsp3) is 0.429. The number of aliphatic hydroxyl groups excluding tert-OH is 1. The molecule has 3 aromatic heterocycles. The second-order valence-electron chi connectivity index (χ2n) is 5.44. The minimum absolute atomic E-state index is 0.0391. The van der Waals surface area contributed by atoms with E-state index in [1.807, 2.05) is 17.6 Å². The molecule has 4 heterocycles. The lowest BCUT2D eigenvalue weighted by Gasteiger charge is -2.13. The number of imidazole rings is 1. The predicted octanol–water partition coefficient (Wildman–Crippen LogP) is 2.54. The zero-order valence-electron chi connectivity index (χ0n) is 11.5. The molecule has 2 atom stereocenters. The molecule has 1 aliphatic rings. The molecule has 110 valence electrons. The zero-order valence-corrected chi connectivity index (χ0v) is 12.3. The Kier molecular flexibility index (Phi) is 2.92. The summed E-state index contributed by atoms with van der Waals surface area (Å²) in [4.78, 5) is 12.2. The SMILES string of the molecule is Cc1cc2c(Cl)nc3c(ncn3C3CC[C@@H](CO)O3)c2[nH]1. The molecule has 2 N–H and O–H groups in total. The Balaban J connectivity index is 1.88. The van der Waals surface area contributed by atoms with Gasteiger partial charge >= 0.3 is 0 Å². The van der Waals surface area contributed by atoms with Gasteiger partial charge in [0.05, 0.1) is 24.6 Å². The number of hydrogen-bond acceptors (Lipinski definition) is 4. The molecule has 21 heavy (non-hydrogen) atoms. The number of hydrogen-bond donors (Lipinski definition) is 2. The molecule has 0 aromatic carbocycles. The van der Waals surface area contributed by atoms with Crippen LogP contribution < -0.4 is 0 Å². The standard InChI is InChI=1S/C14H15ClN4O2/c1-7-4-9-11(17-7)12-14(18-13(9)15)19(6-16-12)10-3-2-8(5-20)21-10/h4,6,8,10,17,20H,2-3,5H2,1H3/t8-,10?/m0/s1. The summed E-state index contributed by atoms with van der Waals surface area (Å²) in [5.41, 5.74) is 3.42. The number of nitrogens with zero attached hydrogens (tertiary/aromatic N) is 3. The van der Waals surface area contributed by atoms with Crippen molar-refractivity contribution in [1.82, 2.24) is 19.5 Å². The zero-order chi connectivity index (χ0) is 14.6. The molecule has 0 saturated carbocycles. The van der Waals surface area contributed by atoms with Crippen LogP contribution in [0.1, 0.15) is 24.8 Å². The number of nitrogens with one attached hydrogen (secondary N) is 1. The van der Waals surface area contributed by atoms with Crippen molar-refractivity contribution in [2.75, 3.05) is 6.61 Å². The Morgan fingerprint density at radius 3 is 3.14 bits per heavy atom. The van der Waals surface area contributed by atoms with Gasteiger partial charge in [0.15, 0.2) is 5.65 Å². The highest BCUT2D eigenvalue weighted by Gasteiger charge is 2.28. The number of ether oxygens (including phenoxy) is 1. The van der Waals surface area contributed by atoms with Crippen molar-refractivity contribution >= 4 is 33.7 Å². The molecule has 0 amide bonds. The minimum atomic E-state index is -0.149. The number of aliphatic hydroxyl groups is 1. The largest absolute Gasteiger partial charge is 0.394 e. The third-order valence-corrected chi connectivity index (χ3v) is 4.27. The first-order valence-corrected chi connectivity index (χ1v) is 7.33. The first kappa shape index (κ1) is 13.1. The molecular weight excluding hydrogens is 292 g/mol. The van der Waals surface area contributed by atoms with E-state index in [1.54, 1.807) is 6.33 Å². The fourth-order valence-corrected chi connectivity index (χ4v) is 3.20. The van der Waals surface area contributed by atoms with Gasteiger partial charge in [-0.3, -0.25) is 4.57 Å². The number of rotatable bonds is 2. The van der Waals surface area contributed by atoms with Crippen molar-refractivity contribution in [1.29, 1.82) is 0 Å². The van der Waals surface area contributed by atoms with Crippen molar-refractivity contribution in [2.45, 2.75) is 32.1 Å². The van der Waals surface area contributed by atoms with Gasteiger partial charge < -0.3 is 14.8 Å². The van der Waals surface area contributed by atoms with Crippen molar-refractivity contribution in [2.24, 2.45) is 0 Å². The molecule has 0 spiro atoms. The Hall–Kier alpha value is -1.63. The van der Waals surface area contributed by atoms with Crippen LogP contribution in [-0.2, 0) is 4.74 Å². The number of halogens is 1. The molecule has 7 heteroatoms. The van der Waals surface area contributed by atoms with E-state index in [9.17, 15) is 5.11 Å². The predicted molar refractivity (Wildman–Crippen MR) is 79.4 cm³/mol. The summed E-state index contributed by atoms with van der Waals surface area (Å²) < 4.78 is 7.70. The summed E-state index contributed by atoms with van der Waals surface area (Å²) in [7, 11) is 0. The Morgan fingerprint density at radius 1 is 1.52 bits per heavy atom. The molecule has 1 unspecified atom stereocenters. The van der Waals surface area contributed by atoms with Gasteiger partial charge in [-0.25, -0.2) is 9.97 Å². The lowest BCUT2D eigenvalue weighted by atomic mass is 10.2. The molecule has 1 saturated heterocycles. The summed E-state index contributed by atoms with van der Waals surface area (Å²) in [5, 5.41) is 10.5. The second-order valence-corrected chi connectivity index (χ2v) is 5.80. The number of fused-ring (bicyclic) bond motifs is 3. The van der Waals surface area contributed by atoms with Gasteiger partial charge in [0.1, 0.15) is 16.9 Å². The van der Waals surface area contributed by atoms with E-state index >= 15 is 0 Å². The van der Waals surface area contributed by atoms with Crippen molar-refractivity contribution in [3.63, 3.8) is 0 Å². The van der Waals surface area contributed by atoms with Crippen molar-refractivity contribution in [3.05, 3.63) is 23.2 Å². The van der Waals surface area contributed by atoms with Crippen LogP contribution in [0.2, 0.25) is 5.15 Å². The van der Waals surface area contributed by atoms with Gasteiger partial charge in [-0.1, -0.05) is 11.6 Å². The van der Waals surface area contributed by atoms with Gasteiger partial charge in [-0.05, 0) is 25.8 Å². The maximum absolute atomic E-state index is 9.19. The number of aryl methyl sites for hydroxylation is 1. The van der Waals surface area contributed by atoms with Gasteiger partial charge in [0.2, 0.25) is 0 Å². The van der Waals surface area contributed by atoms with Crippen LogP contribution in [0.5, 0.6) is 0 Å². The molecule has 0 radical (unpaired) electrons. The highest BCUT2D eigenvalue weighted by Crippen LogP contribution is 2.33. The summed E-state index contributed by atoms with van der Waals surface area (Å²) in [6.07, 6.45) is 3.13.